The number of aliphatic hydroxyl groups is 1. The molecule has 1 aromatic carbocycles. The molecule has 1 aliphatic heterocycles. The van der Waals surface area contributed by atoms with Gasteiger partial charge in [0.1, 0.15) is 11.8 Å². The van der Waals surface area contributed by atoms with E-state index >= 15 is 0 Å². The Labute approximate surface area is 194 Å². The van der Waals surface area contributed by atoms with Crippen molar-refractivity contribution in [2.24, 2.45) is 23.7 Å². The van der Waals surface area contributed by atoms with Crippen molar-refractivity contribution in [1.29, 1.82) is 0 Å². The highest BCUT2D eigenvalue weighted by atomic mass is 16.5. The number of amides is 2. The minimum Gasteiger partial charge on any atom is -0.497 e. The van der Waals surface area contributed by atoms with Crippen LogP contribution in [0.2, 0.25) is 0 Å². The molecule has 0 aromatic heterocycles. The molecule has 2 N–H and O–H groups in total. The number of nitrogens with zero attached hydrogens (tertiary/aromatic N) is 1. The van der Waals surface area contributed by atoms with E-state index in [-0.39, 0.29) is 43.5 Å². The number of allylic oxidation sites excluding steroid dienone is 1. The van der Waals surface area contributed by atoms with Crippen LogP contribution in [0.5, 0.6) is 5.75 Å². The largest absolute Gasteiger partial charge is 0.497 e. The number of anilines is 1. The van der Waals surface area contributed by atoms with Gasteiger partial charge in [0.15, 0.2) is 0 Å². The smallest absolute Gasteiger partial charge is 0.310 e. The first-order chi connectivity index (χ1) is 16.0. The van der Waals surface area contributed by atoms with Gasteiger partial charge in [-0.3, -0.25) is 14.4 Å². The minimum atomic E-state index is -0.771. The Morgan fingerprint density at radius 2 is 1.88 bits per heavy atom. The summed E-state index contributed by atoms with van der Waals surface area (Å²) in [7, 11) is 1.57. The first kappa shape index (κ1) is 24.8. The molecule has 0 bridgehead atoms. The van der Waals surface area contributed by atoms with Crippen molar-refractivity contribution in [3.63, 3.8) is 0 Å². The summed E-state index contributed by atoms with van der Waals surface area (Å²) in [6, 6.07) is 6.19. The number of likely N-dealkylation sites (tertiary alicyclic amines) is 1. The highest BCUT2D eigenvalue weighted by Gasteiger charge is 2.57. The van der Waals surface area contributed by atoms with Crippen LogP contribution in [-0.4, -0.2) is 60.7 Å². The van der Waals surface area contributed by atoms with Gasteiger partial charge in [-0.05, 0) is 49.9 Å². The second kappa shape index (κ2) is 11.3. The second-order valence-electron chi connectivity index (χ2n) is 8.49. The number of esters is 1. The van der Waals surface area contributed by atoms with Gasteiger partial charge < -0.3 is 24.8 Å². The Morgan fingerprint density at radius 3 is 2.48 bits per heavy atom. The Balaban J connectivity index is 1.93. The van der Waals surface area contributed by atoms with E-state index in [9.17, 15) is 19.5 Å². The fourth-order valence-electron chi connectivity index (χ4n) is 5.04. The number of carbonyl (C=O) groups is 3. The van der Waals surface area contributed by atoms with Crippen LogP contribution in [0.15, 0.2) is 36.4 Å². The number of aliphatic hydroxyl groups excluding tert-OH is 1. The summed E-state index contributed by atoms with van der Waals surface area (Å²) in [4.78, 5) is 41.4. The van der Waals surface area contributed by atoms with Gasteiger partial charge in [-0.1, -0.05) is 25.5 Å². The molecule has 1 fully saturated rings. The van der Waals surface area contributed by atoms with Crippen molar-refractivity contribution < 1.29 is 29.0 Å². The molecule has 0 saturated carbocycles. The molecule has 2 amide bonds. The summed E-state index contributed by atoms with van der Waals surface area (Å²) in [6.45, 7) is 4.17. The van der Waals surface area contributed by atoms with E-state index in [1.54, 1.807) is 38.3 Å². The van der Waals surface area contributed by atoms with Gasteiger partial charge in [0.25, 0.3) is 0 Å². The zero-order valence-electron chi connectivity index (χ0n) is 19.5. The van der Waals surface area contributed by atoms with E-state index in [2.05, 4.69) is 5.32 Å². The van der Waals surface area contributed by atoms with Crippen molar-refractivity contribution in [2.45, 2.75) is 39.2 Å². The monoisotopic (exact) mass is 458 g/mol. The number of fused-ring (bicyclic) bond motifs is 1. The number of hydrogen-bond acceptors (Lipinski definition) is 6. The van der Waals surface area contributed by atoms with Crippen molar-refractivity contribution in [3.05, 3.63) is 36.4 Å². The lowest BCUT2D eigenvalue weighted by atomic mass is 9.69. The van der Waals surface area contributed by atoms with Gasteiger partial charge in [-0.2, -0.15) is 0 Å². The summed E-state index contributed by atoms with van der Waals surface area (Å²) in [6.07, 6.45) is 5.88. The molecule has 1 heterocycles. The van der Waals surface area contributed by atoms with E-state index in [0.717, 1.165) is 12.8 Å². The normalized spacial score (nSPS) is 26.1. The third-order valence-electron chi connectivity index (χ3n) is 6.48. The van der Waals surface area contributed by atoms with Crippen LogP contribution in [0.1, 0.15) is 33.1 Å². The Morgan fingerprint density at radius 1 is 1.15 bits per heavy atom. The van der Waals surface area contributed by atoms with E-state index in [0.29, 0.717) is 17.9 Å². The summed E-state index contributed by atoms with van der Waals surface area (Å²) in [5.74, 6) is -2.10. The summed E-state index contributed by atoms with van der Waals surface area (Å²) >= 11 is 0. The number of hydrogen-bond donors (Lipinski definition) is 2. The minimum absolute atomic E-state index is 0.0957. The topological polar surface area (TPSA) is 105 Å². The molecule has 8 heteroatoms. The molecular formula is C25H34N2O6. The van der Waals surface area contributed by atoms with Crippen LogP contribution < -0.4 is 10.1 Å². The van der Waals surface area contributed by atoms with Crippen LogP contribution in [0, 0.1) is 23.7 Å². The molecule has 1 aliphatic carbocycles. The third-order valence-corrected chi connectivity index (χ3v) is 6.48. The van der Waals surface area contributed by atoms with Crippen molar-refractivity contribution in [2.75, 3.05) is 32.2 Å². The predicted octanol–water partition coefficient (Wildman–Crippen LogP) is 2.62. The van der Waals surface area contributed by atoms with Crippen molar-refractivity contribution in [3.8, 4) is 5.75 Å². The average Bonchev–Trinajstić information content (AvgIpc) is 3.10. The van der Waals surface area contributed by atoms with Gasteiger partial charge in [0.05, 0.1) is 25.6 Å². The number of ether oxygens (including phenoxy) is 2. The fraction of sp³-hybridized carbons (Fsp3) is 0.560. The molecule has 5 atom stereocenters. The van der Waals surface area contributed by atoms with Gasteiger partial charge in [-0.15, -0.1) is 0 Å². The van der Waals surface area contributed by atoms with E-state index in [1.807, 2.05) is 19.1 Å². The lowest BCUT2D eigenvalue weighted by Crippen LogP contribution is -2.44. The zero-order valence-corrected chi connectivity index (χ0v) is 19.5. The first-order valence-corrected chi connectivity index (χ1v) is 11.7. The molecule has 3 rings (SSSR count). The predicted molar refractivity (Wildman–Crippen MR) is 123 cm³/mol. The standard InChI is InChI=1S/C25H34N2O6/c1-4-7-16-8-13-19-21(20(16)25(31)33-5-2)24(30)27(14-6-15-28)22(19)23(29)26-17-9-11-18(32-3)12-10-17/h8-13,16,19-22,28H,4-7,14-15H2,1-3H3,(H,26,29)/t16-,19+,20-,21+,22+/m1/s1. The van der Waals surface area contributed by atoms with E-state index in [4.69, 9.17) is 9.47 Å². The molecule has 2 aliphatic rings. The molecule has 180 valence electrons. The average molecular weight is 459 g/mol. The highest BCUT2D eigenvalue weighted by molar-refractivity contribution is 6.01. The van der Waals surface area contributed by atoms with Gasteiger partial charge in [0.2, 0.25) is 11.8 Å². The molecule has 0 radical (unpaired) electrons. The van der Waals surface area contributed by atoms with E-state index in [1.165, 1.54) is 4.90 Å². The van der Waals surface area contributed by atoms with Crippen molar-refractivity contribution in [1.82, 2.24) is 4.90 Å². The molecule has 1 aromatic rings. The quantitative estimate of drug-likeness (QED) is 0.413. The highest BCUT2D eigenvalue weighted by Crippen LogP contribution is 2.45. The lowest BCUT2D eigenvalue weighted by molar-refractivity contribution is -0.155. The van der Waals surface area contributed by atoms with Crippen LogP contribution in [0.4, 0.5) is 5.69 Å². The third kappa shape index (κ3) is 5.21. The Kier molecular flexibility index (Phi) is 8.49. The Bertz CT molecular complexity index is 868. The molecular weight excluding hydrogens is 424 g/mol. The summed E-state index contributed by atoms with van der Waals surface area (Å²) in [5, 5.41) is 12.3. The first-order valence-electron chi connectivity index (χ1n) is 11.7. The van der Waals surface area contributed by atoms with Crippen LogP contribution in [0.3, 0.4) is 0 Å². The van der Waals surface area contributed by atoms with Crippen LogP contribution in [-0.2, 0) is 19.1 Å². The maximum Gasteiger partial charge on any atom is 0.310 e. The summed E-state index contributed by atoms with van der Waals surface area (Å²) in [5.41, 5.74) is 0.587. The number of carbonyl (C=O) groups excluding carboxylic acids is 3. The maximum absolute atomic E-state index is 13.6. The lowest BCUT2D eigenvalue weighted by Gasteiger charge is -2.33. The van der Waals surface area contributed by atoms with Crippen LogP contribution >= 0.6 is 0 Å². The van der Waals surface area contributed by atoms with Crippen LogP contribution in [0.25, 0.3) is 0 Å². The fourth-order valence-corrected chi connectivity index (χ4v) is 5.04. The number of nitrogens with one attached hydrogen (secondary N) is 1. The van der Waals surface area contributed by atoms with Crippen molar-refractivity contribution >= 4 is 23.5 Å². The van der Waals surface area contributed by atoms with Gasteiger partial charge in [-0.25, -0.2) is 0 Å². The number of benzene rings is 1. The SMILES string of the molecule is CCC[C@@H]1C=C[C@H]2[C@H](C(=O)N(CCCO)[C@@H]2C(=O)Nc2ccc(OC)cc2)[C@@H]1C(=O)OCC. The van der Waals surface area contributed by atoms with Gasteiger partial charge in [0, 0.05) is 24.8 Å². The van der Waals surface area contributed by atoms with Gasteiger partial charge >= 0.3 is 5.97 Å². The zero-order chi connectivity index (χ0) is 24.0. The molecule has 33 heavy (non-hydrogen) atoms. The molecule has 1 saturated heterocycles. The number of rotatable bonds is 10. The van der Waals surface area contributed by atoms with E-state index < -0.39 is 23.8 Å². The molecule has 8 nitrogen and oxygen atoms in total. The number of methoxy groups -OCH3 is 1. The molecule has 0 spiro atoms. The summed E-state index contributed by atoms with van der Waals surface area (Å²) < 4.78 is 10.5. The second-order valence-corrected chi connectivity index (χ2v) is 8.49. The Hall–Kier alpha value is -2.87. The maximum atomic E-state index is 13.6. The molecule has 0 unspecified atom stereocenters.